The minimum absolute atomic E-state index is 0. The highest BCUT2D eigenvalue weighted by molar-refractivity contribution is 6.35. The van der Waals surface area contributed by atoms with E-state index in [1.807, 2.05) is 18.2 Å². The summed E-state index contributed by atoms with van der Waals surface area (Å²) in [5, 5.41) is 19.0. The van der Waals surface area contributed by atoms with Crippen LogP contribution in [0.5, 0.6) is 0 Å². The van der Waals surface area contributed by atoms with Crippen LogP contribution in [0.3, 0.4) is 0 Å². The monoisotopic (exact) mass is 476 g/mol. The number of hydrogen-bond acceptors (Lipinski definition) is 6. The molecule has 2 aliphatic rings. The van der Waals surface area contributed by atoms with Gasteiger partial charge in [0.2, 0.25) is 0 Å². The summed E-state index contributed by atoms with van der Waals surface area (Å²) in [6, 6.07) is 11.3. The normalized spacial score (nSPS) is 15.5. The number of rotatable bonds is 6. The largest absolute Gasteiger partial charge is 0.369 e. The molecule has 0 radical (unpaired) electrons. The molecule has 0 bridgehead atoms. The Morgan fingerprint density at radius 1 is 1.19 bits per heavy atom. The van der Waals surface area contributed by atoms with Crippen LogP contribution in [0.1, 0.15) is 17.5 Å². The first-order chi connectivity index (χ1) is 14.6. The molecule has 1 aromatic carbocycles. The SMILES string of the molecule is Cl.N#Cc1ccc(NCCNN2C=C(c3ccc(Cl)cc3Cl)C3=C(CNCC3)C2)nc1. The van der Waals surface area contributed by atoms with Crippen LogP contribution in [-0.2, 0) is 0 Å². The van der Waals surface area contributed by atoms with Crippen molar-refractivity contribution in [2.24, 2.45) is 0 Å². The molecular weight excluding hydrogens is 455 g/mol. The van der Waals surface area contributed by atoms with E-state index in [4.69, 9.17) is 28.5 Å². The first-order valence-corrected chi connectivity index (χ1v) is 10.6. The maximum Gasteiger partial charge on any atom is 0.126 e. The Balaban J connectivity index is 0.00000272. The third-order valence-corrected chi connectivity index (χ3v) is 5.70. The number of halogens is 3. The molecule has 1 aromatic heterocycles. The predicted molar refractivity (Wildman–Crippen MR) is 128 cm³/mol. The zero-order valence-electron chi connectivity index (χ0n) is 16.8. The van der Waals surface area contributed by atoms with Crippen molar-refractivity contribution in [3.05, 3.63) is 75.0 Å². The van der Waals surface area contributed by atoms with Crippen LogP contribution < -0.4 is 16.1 Å². The minimum atomic E-state index is 0. The van der Waals surface area contributed by atoms with Gasteiger partial charge >= 0.3 is 0 Å². The third kappa shape index (κ3) is 5.70. The highest BCUT2D eigenvalue weighted by Crippen LogP contribution is 2.37. The van der Waals surface area contributed by atoms with Gasteiger partial charge in [-0.05, 0) is 48.4 Å². The molecular formula is C22H23Cl3N6. The number of anilines is 1. The van der Waals surface area contributed by atoms with E-state index in [0.717, 1.165) is 49.6 Å². The highest BCUT2D eigenvalue weighted by atomic mass is 35.5. The van der Waals surface area contributed by atoms with Gasteiger partial charge in [0, 0.05) is 53.2 Å². The van der Waals surface area contributed by atoms with E-state index in [1.54, 1.807) is 18.3 Å². The van der Waals surface area contributed by atoms with Gasteiger partial charge < -0.3 is 15.6 Å². The number of hydrogen-bond donors (Lipinski definition) is 3. The van der Waals surface area contributed by atoms with Crippen LogP contribution in [0.2, 0.25) is 10.0 Å². The van der Waals surface area contributed by atoms with E-state index in [-0.39, 0.29) is 12.4 Å². The number of aromatic nitrogens is 1. The van der Waals surface area contributed by atoms with Gasteiger partial charge in [0.05, 0.1) is 12.1 Å². The van der Waals surface area contributed by atoms with Gasteiger partial charge in [-0.1, -0.05) is 29.3 Å². The van der Waals surface area contributed by atoms with Gasteiger partial charge in [-0.25, -0.2) is 10.4 Å². The van der Waals surface area contributed by atoms with Crippen molar-refractivity contribution in [1.29, 1.82) is 5.26 Å². The third-order valence-electron chi connectivity index (χ3n) is 5.15. The second kappa shape index (κ2) is 10.9. The standard InChI is InChI=1S/C22H22Cl2N6.ClH/c23-17-2-3-19(21(24)9-17)20-14-30(13-16-12-26-6-5-18(16)20)29-8-7-27-22-4-1-15(10-25)11-28-22;/h1-4,9,11,14,26,29H,5-8,12-13H2,(H,27,28);1H. The molecule has 0 fully saturated rings. The number of allylic oxidation sites excluding steroid dienone is 1. The van der Waals surface area contributed by atoms with Crippen LogP contribution >= 0.6 is 35.6 Å². The van der Waals surface area contributed by atoms with Crippen molar-refractivity contribution < 1.29 is 0 Å². The molecule has 4 rings (SSSR count). The van der Waals surface area contributed by atoms with Crippen molar-refractivity contribution in [3.63, 3.8) is 0 Å². The summed E-state index contributed by atoms with van der Waals surface area (Å²) in [5.74, 6) is 0.750. The van der Waals surface area contributed by atoms with Gasteiger partial charge in [-0.2, -0.15) is 5.26 Å². The fourth-order valence-electron chi connectivity index (χ4n) is 3.69. The highest BCUT2D eigenvalue weighted by Gasteiger charge is 2.24. The number of nitrogens with zero attached hydrogens (tertiary/aromatic N) is 3. The topological polar surface area (TPSA) is 76.0 Å². The second-order valence-electron chi connectivity index (χ2n) is 7.18. The molecule has 2 aromatic rings. The Hall–Kier alpha value is -2.27. The van der Waals surface area contributed by atoms with E-state index in [9.17, 15) is 0 Å². The number of pyridine rings is 1. The van der Waals surface area contributed by atoms with Gasteiger partial charge in [0.15, 0.2) is 0 Å². The number of benzene rings is 1. The Bertz CT molecular complexity index is 1030. The smallest absolute Gasteiger partial charge is 0.126 e. The summed E-state index contributed by atoms with van der Waals surface area (Å²) in [7, 11) is 0. The van der Waals surface area contributed by atoms with Crippen molar-refractivity contribution >= 4 is 47.0 Å². The summed E-state index contributed by atoms with van der Waals surface area (Å²) in [6.07, 6.45) is 4.69. The summed E-state index contributed by atoms with van der Waals surface area (Å²) in [4.78, 5) is 4.23. The Kier molecular flexibility index (Phi) is 8.19. The summed E-state index contributed by atoms with van der Waals surface area (Å²) >= 11 is 12.6. The van der Waals surface area contributed by atoms with Gasteiger partial charge in [0.25, 0.3) is 0 Å². The fourth-order valence-corrected chi connectivity index (χ4v) is 4.20. The molecule has 3 heterocycles. The maximum absolute atomic E-state index is 8.85. The molecule has 0 saturated carbocycles. The lowest BCUT2D eigenvalue weighted by molar-refractivity contribution is 0.290. The number of hydrazine groups is 1. The minimum Gasteiger partial charge on any atom is -0.369 e. The van der Waals surface area contributed by atoms with E-state index in [1.165, 1.54) is 11.1 Å². The molecule has 6 nitrogen and oxygen atoms in total. The van der Waals surface area contributed by atoms with Crippen LogP contribution in [0, 0.1) is 11.3 Å². The predicted octanol–water partition coefficient (Wildman–Crippen LogP) is 4.24. The van der Waals surface area contributed by atoms with E-state index in [0.29, 0.717) is 22.2 Å². The lowest BCUT2D eigenvalue weighted by atomic mass is 9.88. The molecule has 0 unspecified atom stereocenters. The summed E-state index contributed by atoms with van der Waals surface area (Å²) < 4.78 is 0. The first-order valence-electron chi connectivity index (χ1n) is 9.83. The van der Waals surface area contributed by atoms with Crippen LogP contribution in [0.4, 0.5) is 5.82 Å². The number of nitrogens with one attached hydrogen (secondary N) is 3. The van der Waals surface area contributed by atoms with Gasteiger partial charge in [0.1, 0.15) is 11.9 Å². The zero-order chi connectivity index (χ0) is 20.9. The average Bonchev–Trinajstić information content (AvgIpc) is 2.77. The maximum atomic E-state index is 8.85. The molecule has 3 N–H and O–H groups in total. The van der Waals surface area contributed by atoms with Crippen LogP contribution in [-0.4, -0.2) is 42.7 Å². The van der Waals surface area contributed by atoms with Crippen molar-refractivity contribution in [2.45, 2.75) is 6.42 Å². The molecule has 0 saturated heterocycles. The van der Waals surface area contributed by atoms with Crippen LogP contribution in [0.25, 0.3) is 5.57 Å². The van der Waals surface area contributed by atoms with Gasteiger partial charge in [-0.3, -0.25) is 0 Å². The van der Waals surface area contributed by atoms with Gasteiger partial charge in [-0.15, -0.1) is 12.4 Å². The van der Waals surface area contributed by atoms with E-state index in [2.05, 4.69) is 38.3 Å². The van der Waals surface area contributed by atoms with Crippen molar-refractivity contribution in [1.82, 2.24) is 20.7 Å². The quantitative estimate of drug-likeness (QED) is 0.540. The van der Waals surface area contributed by atoms with Crippen LogP contribution in [0.15, 0.2) is 53.9 Å². The Labute approximate surface area is 198 Å². The Morgan fingerprint density at radius 3 is 2.81 bits per heavy atom. The second-order valence-corrected chi connectivity index (χ2v) is 8.03. The average molecular weight is 478 g/mol. The fraction of sp³-hybridized carbons (Fsp3) is 0.273. The first kappa shape index (κ1) is 23.4. The number of nitriles is 1. The molecule has 0 spiro atoms. The Morgan fingerprint density at radius 2 is 2.06 bits per heavy atom. The molecule has 31 heavy (non-hydrogen) atoms. The molecule has 2 aliphatic heterocycles. The lowest BCUT2D eigenvalue weighted by Crippen LogP contribution is -2.42. The molecule has 0 atom stereocenters. The van der Waals surface area contributed by atoms with Crippen molar-refractivity contribution in [2.75, 3.05) is 38.0 Å². The van der Waals surface area contributed by atoms with Crippen molar-refractivity contribution in [3.8, 4) is 6.07 Å². The molecule has 9 heteroatoms. The summed E-state index contributed by atoms with van der Waals surface area (Å²) in [6.45, 7) is 4.09. The summed E-state index contributed by atoms with van der Waals surface area (Å²) in [5.41, 5.74) is 8.91. The van der Waals surface area contributed by atoms with E-state index < -0.39 is 0 Å². The molecule has 0 amide bonds. The zero-order valence-corrected chi connectivity index (χ0v) is 19.1. The molecule has 0 aliphatic carbocycles. The lowest BCUT2D eigenvalue weighted by Gasteiger charge is -2.34. The molecule has 162 valence electrons. The van der Waals surface area contributed by atoms with E-state index >= 15 is 0 Å².